The van der Waals surface area contributed by atoms with Crippen molar-refractivity contribution in [1.29, 1.82) is 0 Å². The predicted molar refractivity (Wildman–Crippen MR) is 126 cm³/mol. The summed E-state index contributed by atoms with van der Waals surface area (Å²) in [6.45, 7) is 1.81. The lowest BCUT2D eigenvalue weighted by Gasteiger charge is -2.14. The summed E-state index contributed by atoms with van der Waals surface area (Å²) in [5.41, 5.74) is 0.988. The maximum absolute atomic E-state index is 12.5. The Morgan fingerprint density at radius 2 is 1.88 bits per heavy atom. The van der Waals surface area contributed by atoms with Gasteiger partial charge in [0.05, 0.1) is 29.6 Å². The molecule has 0 spiro atoms. The van der Waals surface area contributed by atoms with Crippen LogP contribution in [0.3, 0.4) is 0 Å². The van der Waals surface area contributed by atoms with Gasteiger partial charge in [-0.15, -0.1) is 10.2 Å². The third kappa shape index (κ3) is 5.93. The topological polar surface area (TPSA) is 98.1 Å². The van der Waals surface area contributed by atoms with E-state index in [2.05, 4.69) is 20.8 Å². The van der Waals surface area contributed by atoms with Gasteiger partial charge in [-0.1, -0.05) is 35.0 Å². The minimum atomic E-state index is -0.391. The lowest BCUT2D eigenvalue weighted by atomic mass is 10.2. The second-order valence-electron chi connectivity index (χ2n) is 6.78. The highest BCUT2D eigenvalue weighted by atomic mass is 35.5. The SMILES string of the molecule is COc1ccc(C(=O)N[C@@H](C)c2nnc(SCC(=O)Nc3ccc(Cl)cc3Cl)n2C)cc1. The van der Waals surface area contributed by atoms with Crippen molar-refractivity contribution in [2.75, 3.05) is 18.2 Å². The Balaban J connectivity index is 1.57. The molecule has 0 radical (unpaired) electrons. The van der Waals surface area contributed by atoms with E-state index < -0.39 is 6.04 Å². The molecular formula is C21H21Cl2N5O3S. The smallest absolute Gasteiger partial charge is 0.251 e. The number of hydrogen-bond donors (Lipinski definition) is 2. The highest BCUT2D eigenvalue weighted by Crippen LogP contribution is 2.26. The van der Waals surface area contributed by atoms with Crippen LogP contribution < -0.4 is 15.4 Å². The van der Waals surface area contributed by atoms with Gasteiger partial charge in [0.25, 0.3) is 5.91 Å². The number of aromatic nitrogens is 3. The minimum Gasteiger partial charge on any atom is -0.497 e. The maximum atomic E-state index is 12.5. The Morgan fingerprint density at radius 1 is 1.16 bits per heavy atom. The number of benzene rings is 2. The molecule has 0 unspecified atom stereocenters. The number of methoxy groups -OCH3 is 1. The third-order valence-corrected chi connectivity index (χ3v) is 6.06. The zero-order chi connectivity index (χ0) is 23.3. The number of rotatable bonds is 8. The molecule has 11 heteroatoms. The first-order valence-corrected chi connectivity index (χ1v) is 11.2. The van der Waals surface area contributed by atoms with Crippen molar-refractivity contribution in [3.8, 4) is 5.75 Å². The molecule has 0 aliphatic rings. The van der Waals surface area contributed by atoms with Gasteiger partial charge in [0.2, 0.25) is 5.91 Å². The van der Waals surface area contributed by atoms with Crippen molar-refractivity contribution in [2.24, 2.45) is 7.05 Å². The standard InChI is InChI=1S/C21H21Cl2N5O3S/c1-12(24-20(30)13-4-7-15(31-3)8-5-13)19-26-27-21(28(19)2)32-11-18(29)25-17-9-6-14(22)10-16(17)23/h4-10,12H,11H2,1-3H3,(H,24,30)(H,25,29)/t12-/m0/s1. The van der Waals surface area contributed by atoms with Crippen LogP contribution in [-0.4, -0.2) is 39.4 Å². The highest BCUT2D eigenvalue weighted by molar-refractivity contribution is 7.99. The normalized spacial score (nSPS) is 11.7. The first-order valence-electron chi connectivity index (χ1n) is 9.50. The van der Waals surface area contributed by atoms with Crippen molar-refractivity contribution in [3.05, 3.63) is 63.9 Å². The summed E-state index contributed by atoms with van der Waals surface area (Å²) in [4.78, 5) is 24.8. The van der Waals surface area contributed by atoms with Crippen LogP contribution in [0.2, 0.25) is 10.0 Å². The summed E-state index contributed by atoms with van der Waals surface area (Å²) in [7, 11) is 3.35. The van der Waals surface area contributed by atoms with E-state index in [1.54, 1.807) is 61.2 Å². The molecule has 1 heterocycles. The second kappa shape index (κ2) is 10.7. The van der Waals surface area contributed by atoms with E-state index in [-0.39, 0.29) is 17.6 Å². The Morgan fingerprint density at radius 3 is 2.53 bits per heavy atom. The quantitative estimate of drug-likeness (QED) is 0.452. The van der Waals surface area contributed by atoms with Gasteiger partial charge in [-0.25, -0.2) is 0 Å². The van der Waals surface area contributed by atoms with Crippen LogP contribution in [0.25, 0.3) is 0 Å². The molecule has 3 rings (SSSR count). The molecule has 3 aromatic rings. The summed E-state index contributed by atoms with van der Waals surface area (Å²) in [5.74, 6) is 0.862. The number of nitrogens with one attached hydrogen (secondary N) is 2. The molecule has 0 saturated carbocycles. The predicted octanol–water partition coefficient (Wildman–Crippen LogP) is 4.35. The third-order valence-electron chi connectivity index (χ3n) is 4.49. The Labute approximate surface area is 199 Å². The van der Waals surface area contributed by atoms with Crippen molar-refractivity contribution in [1.82, 2.24) is 20.1 Å². The van der Waals surface area contributed by atoms with Gasteiger partial charge in [0, 0.05) is 17.6 Å². The molecule has 0 fully saturated rings. The lowest BCUT2D eigenvalue weighted by molar-refractivity contribution is -0.113. The first kappa shape index (κ1) is 23.9. The van der Waals surface area contributed by atoms with E-state index in [4.69, 9.17) is 27.9 Å². The van der Waals surface area contributed by atoms with Crippen molar-refractivity contribution < 1.29 is 14.3 Å². The van der Waals surface area contributed by atoms with Crippen LogP contribution in [0.5, 0.6) is 5.75 Å². The Bertz CT molecular complexity index is 1120. The monoisotopic (exact) mass is 493 g/mol. The molecule has 32 heavy (non-hydrogen) atoms. The molecule has 2 amide bonds. The fourth-order valence-electron chi connectivity index (χ4n) is 2.82. The summed E-state index contributed by atoms with van der Waals surface area (Å²) >= 11 is 13.2. The largest absolute Gasteiger partial charge is 0.497 e. The maximum Gasteiger partial charge on any atom is 0.251 e. The van der Waals surface area contributed by atoms with Crippen LogP contribution in [0.15, 0.2) is 47.6 Å². The number of carbonyl (C=O) groups is 2. The van der Waals surface area contributed by atoms with Gasteiger partial charge in [-0.2, -0.15) is 0 Å². The average molecular weight is 494 g/mol. The zero-order valence-electron chi connectivity index (χ0n) is 17.6. The van der Waals surface area contributed by atoms with Crippen molar-refractivity contribution >= 4 is 52.5 Å². The number of thioether (sulfide) groups is 1. The molecule has 8 nitrogen and oxygen atoms in total. The first-order chi connectivity index (χ1) is 15.3. The number of anilines is 1. The van der Waals surface area contributed by atoms with E-state index in [0.717, 1.165) is 0 Å². The Hall–Kier alpha value is -2.75. The molecule has 0 saturated heterocycles. The van der Waals surface area contributed by atoms with Crippen LogP contribution in [-0.2, 0) is 11.8 Å². The zero-order valence-corrected chi connectivity index (χ0v) is 19.9. The molecule has 2 aromatic carbocycles. The second-order valence-corrected chi connectivity index (χ2v) is 8.57. The van der Waals surface area contributed by atoms with E-state index in [9.17, 15) is 9.59 Å². The van der Waals surface area contributed by atoms with Gasteiger partial charge in [0.1, 0.15) is 5.75 Å². The number of nitrogens with zero attached hydrogens (tertiary/aromatic N) is 3. The van der Waals surface area contributed by atoms with E-state index in [1.807, 2.05) is 6.92 Å². The molecule has 1 aromatic heterocycles. The molecule has 0 bridgehead atoms. The van der Waals surface area contributed by atoms with Gasteiger partial charge in [-0.3, -0.25) is 9.59 Å². The molecule has 0 aliphatic heterocycles. The number of ether oxygens (including phenoxy) is 1. The van der Waals surface area contributed by atoms with Gasteiger partial charge < -0.3 is 19.9 Å². The van der Waals surface area contributed by atoms with Gasteiger partial charge >= 0.3 is 0 Å². The van der Waals surface area contributed by atoms with Gasteiger partial charge in [0.15, 0.2) is 11.0 Å². The number of carbonyl (C=O) groups excluding carboxylic acids is 2. The average Bonchev–Trinajstić information content (AvgIpc) is 3.14. The minimum absolute atomic E-state index is 0.109. The van der Waals surface area contributed by atoms with Crippen LogP contribution >= 0.6 is 35.0 Å². The van der Waals surface area contributed by atoms with Crippen LogP contribution in [0.4, 0.5) is 5.69 Å². The molecule has 168 valence electrons. The summed E-state index contributed by atoms with van der Waals surface area (Å²) in [6, 6.07) is 11.3. The Kier molecular flexibility index (Phi) is 8.00. The lowest BCUT2D eigenvalue weighted by Crippen LogP contribution is -2.28. The van der Waals surface area contributed by atoms with Crippen LogP contribution in [0.1, 0.15) is 29.1 Å². The van der Waals surface area contributed by atoms with E-state index >= 15 is 0 Å². The van der Waals surface area contributed by atoms with Gasteiger partial charge in [-0.05, 0) is 49.4 Å². The van der Waals surface area contributed by atoms with E-state index in [1.165, 1.54) is 11.8 Å². The highest BCUT2D eigenvalue weighted by Gasteiger charge is 2.19. The molecule has 0 aliphatic carbocycles. The molecule has 1 atom stereocenters. The number of hydrogen-bond acceptors (Lipinski definition) is 6. The molecular weight excluding hydrogens is 473 g/mol. The summed E-state index contributed by atoms with van der Waals surface area (Å²) in [6.07, 6.45) is 0. The van der Waals surface area contributed by atoms with E-state index in [0.29, 0.717) is 38.0 Å². The number of amides is 2. The van der Waals surface area contributed by atoms with Crippen molar-refractivity contribution in [3.63, 3.8) is 0 Å². The van der Waals surface area contributed by atoms with Crippen LogP contribution in [0, 0.1) is 0 Å². The summed E-state index contributed by atoms with van der Waals surface area (Å²) < 4.78 is 6.85. The fraction of sp³-hybridized carbons (Fsp3) is 0.238. The fourth-order valence-corrected chi connectivity index (χ4v) is 4.00. The number of halogens is 2. The van der Waals surface area contributed by atoms with Crippen molar-refractivity contribution in [2.45, 2.75) is 18.1 Å². The summed E-state index contributed by atoms with van der Waals surface area (Å²) in [5, 5.41) is 15.3. The molecule has 2 N–H and O–H groups in total.